The zero-order valence-corrected chi connectivity index (χ0v) is 13.6. The van der Waals surface area contributed by atoms with Crippen LogP contribution in [0.5, 0.6) is 11.5 Å². The van der Waals surface area contributed by atoms with Gasteiger partial charge in [-0.25, -0.2) is 0 Å². The zero-order valence-electron chi connectivity index (χ0n) is 22.6. The Morgan fingerprint density at radius 1 is 1.52 bits per heavy atom. The molecule has 3 rings (SSSR count). The molecule has 23 heavy (non-hydrogen) atoms. The quantitative estimate of drug-likeness (QED) is 0.922. The fourth-order valence-corrected chi connectivity index (χ4v) is 3.29. The van der Waals surface area contributed by atoms with E-state index in [9.17, 15) is 5.11 Å². The van der Waals surface area contributed by atoms with Crippen molar-refractivity contribution in [2.75, 3.05) is 27.3 Å². The first-order chi connectivity index (χ1) is 14.4. The van der Waals surface area contributed by atoms with Gasteiger partial charge in [0.05, 0.1) is 21.7 Å². The molecule has 0 aromatic heterocycles. The normalized spacial score (nSPS) is 42.3. The maximum absolute atomic E-state index is 11.1. The van der Waals surface area contributed by atoms with Crippen LogP contribution in [0.4, 0.5) is 0 Å². The van der Waals surface area contributed by atoms with E-state index in [1.165, 1.54) is 19.1 Å². The second-order valence-electron chi connectivity index (χ2n) is 5.89. The maximum Gasteiger partial charge on any atom is 0.161 e. The van der Waals surface area contributed by atoms with Crippen molar-refractivity contribution in [2.24, 2.45) is 11.8 Å². The first kappa shape index (κ1) is 8.72. The Morgan fingerprint density at radius 2 is 2.26 bits per heavy atom. The number of benzene rings is 1. The second-order valence-corrected chi connectivity index (χ2v) is 5.89. The number of nitrogens with zero attached hydrogens (tertiary/aromatic N) is 1. The van der Waals surface area contributed by atoms with Gasteiger partial charge in [-0.3, -0.25) is 4.90 Å². The molecule has 0 bridgehead atoms. The number of aliphatic hydroxyl groups is 1. The third kappa shape index (κ3) is 3.20. The van der Waals surface area contributed by atoms with Crippen LogP contribution in [0.15, 0.2) is 12.1 Å². The zero-order chi connectivity index (χ0) is 24.5. The minimum atomic E-state index is -3.10. The van der Waals surface area contributed by atoms with E-state index in [-0.39, 0.29) is 13.0 Å². The van der Waals surface area contributed by atoms with Crippen LogP contribution in [-0.4, -0.2) is 43.3 Å². The highest BCUT2D eigenvalue weighted by molar-refractivity contribution is 5.49. The van der Waals surface area contributed by atoms with Crippen molar-refractivity contribution in [1.29, 1.82) is 0 Å². The van der Waals surface area contributed by atoms with E-state index in [0.717, 1.165) is 12.5 Å². The minimum Gasteiger partial charge on any atom is -0.493 e. The molecule has 1 N–H and O–H groups in total. The number of ether oxygens (including phenoxy) is 2. The third-order valence-corrected chi connectivity index (χ3v) is 4.39. The van der Waals surface area contributed by atoms with Gasteiger partial charge in [0, 0.05) is 30.0 Å². The lowest BCUT2D eigenvalue weighted by molar-refractivity contribution is -0.0191. The first-order valence-corrected chi connectivity index (χ1v) is 7.67. The van der Waals surface area contributed by atoms with Crippen LogP contribution in [0, 0.1) is 11.8 Å². The monoisotopic (exact) mass is 328 g/mol. The molecule has 0 radical (unpaired) electrons. The van der Waals surface area contributed by atoms with Crippen molar-refractivity contribution >= 4 is 0 Å². The van der Waals surface area contributed by atoms with Crippen molar-refractivity contribution in [3.63, 3.8) is 0 Å². The van der Waals surface area contributed by atoms with Gasteiger partial charge in [-0.15, -0.1) is 0 Å². The number of hydrogen-bond donors (Lipinski definition) is 1. The molecule has 2 heterocycles. The average molecular weight is 328 g/mol. The van der Waals surface area contributed by atoms with Gasteiger partial charge in [-0.1, -0.05) is 13.8 Å². The summed E-state index contributed by atoms with van der Waals surface area (Å²) in [6.07, 6.45) is -5.70. The summed E-state index contributed by atoms with van der Waals surface area (Å²) < 4.78 is 84.9. The van der Waals surface area contributed by atoms with Gasteiger partial charge in [-0.05, 0) is 54.3 Å². The highest BCUT2D eigenvalue weighted by atomic mass is 16.5. The summed E-state index contributed by atoms with van der Waals surface area (Å²) in [5.74, 6) is -3.97. The third-order valence-electron chi connectivity index (χ3n) is 4.39. The second kappa shape index (κ2) is 6.70. The van der Waals surface area contributed by atoms with Gasteiger partial charge >= 0.3 is 0 Å². The number of methoxy groups -OCH3 is 2. The Hall–Kier alpha value is -1.26. The highest BCUT2D eigenvalue weighted by Crippen LogP contribution is 2.43. The predicted molar refractivity (Wildman–Crippen MR) is 91.1 cm³/mol. The summed E-state index contributed by atoms with van der Waals surface area (Å²) in [5, 5.41) is 11.1. The molecule has 1 unspecified atom stereocenters. The van der Waals surface area contributed by atoms with Crippen LogP contribution in [0.2, 0.25) is 0 Å². The molecule has 1 fully saturated rings. The van der Waals surface area contributed by atoms with Gasteiger partial charge in [-0.2, -0.15) is 0 Å². The van der Waals surface area contributed by atoms with E-state index in [0.29, 0.717) is 23.5 Å². The van der Waals surface area contributed by atoms with Gasteiger partial charge in [0.1, 0.15) is 0 Å². The molecule has 0 spiro atoms. The van der Waals surface area contributed by atoms with Crippen molar-refractivity contribution in [3.05, 3.63) is 23.3 Å². The topological polar surface area (TPSA) is 41.9 Å². The molecular formula is C19H29NO3. The molecule has 2 aliphatic heterocycles. The number of rotatable bonds is 4. The van der Waals surface area contributed by atoms with Crippen LogP contribution in [0.3, 0.4) is 0 Å². The lowest BCUT2D eigenvalue weighted by Gasteiger charge is -2.46. The summed E-state index contributed by atoms with van der Waals surface area (Å²) >= 11 is 0. The predicted octanol–water partition coefficient (Wildman–Crippen LogP) is 3.03. The van der Waals surface area contributed by atoms with Crippen molar-refractivity contribution in [3.8, 4) is 11.5 Å². The fourth-order valence-electron chi connectivity index (χ4n) is 3.29. The number of piperidine rings is 1. The standard InChI is InChI=1S/C19H29NO3/c1-12(2)7-14-11-20-6-5-13-8-18(22-3)19(23-4)9-15(13)16(20)10-17(14)21/h8-9,12,14,16-17,21H,5-7,10-11H2,1-4H3/t14-,16-,17+/m0/s1/i1D3,7D2,11D2,12D,17D/t12?,14-,16-,17+. The Balaban J connectivity index is 2.13. The Morgan fingerprint density at radius 3 is 2.96 bits per heavy atom. The highest BCUT2D eigenvalue weighted by Gasteiger charge is 2.38. The number of hydrogen-bond acceptors (Lipinski definition) is 4. The molecular weight excluding hydrogens is 290 g/mol. The Bertz CT molecular complexity index is 886. The van der Waals surface area contributed by atoms with E-state index in [4.69, 9.17) is 21.8 Å². The van der Waals surface area contributed by atoms with Crippen LogP contribution >= 0.6 is 0 Å². The van der Waals surface area contributed by atoms with E-state index >= 15 is 0 Å². The molecule has 0 saturated carbocycles. The molecule has 1 saturated heterocycles. The van der Waals surface area contributed by atoms with Gasteiger partial charge in [0.25, 0.3) is 0 Å². The van der Waals surface area contributed by atoms with Crippen LogP contribution in [-0.2, 0) is 6.42 Å². The fraction of sp³-hybridized carbons (Fsp3) is 0.684. The average Bonchev–Trinajstić information content (AvgIpc) is 2.64. The summed E-state index contributed by atoms with van der Waals surface area (Å²) in [5.41, 5.74) is 1.47. The lowest BCUT2D eigenvalue weighted by atomic mass is 9.79. The summed E-state index contributed by atoms with van der Waals surface area (Å²) in [6.45, 7) is -4.69. The summed E-state index contributed by atoms with van der Waals surface area (Å²) in [4.78, 5) is 1.36. The SMILES string of the molecule is [2H]C1([2H])[C@H](C([2H])([2H])C([2H])(C)C([2H])([2H])[2H])[C@]([2H])(O)C[C@H]2c3cc(OC)c(OC)cc3CCN21. The van der Waals surface area contributed by atoms with E-state index in [1.54, 1.807) is 12.1 Å². The lowest BCUT2D eigenvalue weighted by Crippen LogP contribution is -2.48. The van der Waals surface area contributed by atoms with Gasteiger partial charge < -0.3 is 14.6 Å². The van der Waals surface area contributed by atoms with Crippen molar-refractivity contribution in [1.82, 2.24) is 4.90 Å². The number of fused-ring (bicyclic) bond motifs is 3. The smallest absolute Gasteiger partial charge is 0.161 e. The van der Waals surface area contributed by atoms with Crippen LogP contribution in [0.1, 0.15) is 56.1 Å². The molecule has 1 aromatic carbocycles. The summed E-state index contributed by atoms with van der Waals surface area (Å²) in [6, 6.07) is 2.67. The molecule has 0 aliphatic carbocycles. The van der Waals surface area contributed by atoms with E-state index in [2.05, 4.69) is 0 Å². The molecule has 4 atom stereocenters. The molecule has 1 aromatic rings. The maximum atomic E-state index is 11.1. The van der Waals surface area contributed by atoms with Crippen molar-refractivity contribution in [2.45, 2.75) is 45.1 Å². The van der Waals surface area contributed by atoms with Gasteiger partial charge in [0.2, 0.25) is 0 Å². The molecule has 4 nitrogen and oxygen atoms in total. The Kier molecular flexibility index (Phi) is 2.54. The Labute approximate surface area is 152 Å². The molecule has 2 aliphatic rings. The molecule has 128 valence electrons. The van der Waals surface area contributed by atoms with Crippen LogP contribution < -0.4 is 9.47 Å². The van der Waals surface area contributed by atoms with Crippen molar-refractivity contribution < 1.29 is 26.9 Å². The van der Waals surface area contributed by atoms with Crippen LogP contribution in [0.25, 0.3) is 0 Å². The molecule has 0 amide bonds. The summed E-state index contributed by atoms with van der Waals surface area (Å²) in [7, 11) is 2.96. The largest absolute Gasteiger partial charge is 0.493 e. The first-order valence-electron chi connectivity index (χ1n) is 12.2. The van der Waals surface area contributed by atoms with E-state index in [1.807, 2.05) is 0 Å². The van der Waals surface area contributed by atoms with E-state index < -0.39 is 43.7 Å². The van der Waals surface area contributed by atoms with Gasteiger partial charge in [0.15, 0.2) is 11.5 Å². The molecule has 4 heteroatoms. The minimum absolute atomic E-state index is 0.158.